The average Bonchev–Trinajstić information content (AvgIpc) is 2.57. The zero-order valence-electron chi connectivity index (χ0n) is 14.6. The first-order chi connectivity index (χ1) is 13.2. The molecule has 0 amide bonds. The van der Waals surface area contributed by atoms with Gasteiger partial charge in [-0.05, 0) is 129 Å². The molecule has 0 heterocycles. The predicted octanol–water partition coefficient (Wildman–Crippen LogP) is 5.28. The van der Waals surface area contributed by atoms with E-state index in [1.54, 1.807) is 6.07 Å². The van der Waals surface area contributed by atoms with E-state index in [4.69, 9.17) is 4.74 Å². The van der Waals surface area contributed by atoms with Gasteiger partial charge in [-0.2, -0.15) is 0 Å². The Labute approximate surface area is 205 Å². The van der Waals surface area contributed by atoms with Crippen LogP contribution in [0.5, 0.6) is 5.75 Å². The van der Waals surface area contributed by atoms with Crippen LogP contribution in [-0.4, -0.2) is 18.9 Å². The number of hydrogen-bond acceptors (Lipinski definition) is 5. The van der Waals surface area contributed by atoms with Crippen LogP contribution in [-0.2, 0) is 23.0 Å². The van der Waals surface area contributed by atoms with E-state index in [9.17, 15) is 17.8 Å². The lowest BCUT2D eigenvalue weighted by molar-refractivity contribution is 0.0731. The fourth-order valence-electron chi connectivity index (χ4n) is 3.34. The van der Waals surface area contributed by atoms with Crippen molar-refractivity contribution < 1.29 is 22.5 Å². The van der Waals surface area contributed by atoms with Crippen molar-refractivity contribution in [2.45, 2.75) is 43.4 Å². The highest BCUT2D eigenvalue weighted by molar-refractivity contribution is 14.1. The van der Waals surface area contributed by atoms with Gasteiger partial charge in [0.15, 0.2) is 0 Å². The molecule has 0 fully saturated rings. The lowest BCUT2D eigenvalue weighted by atomic mass is 9.92. The van der Waals surface area contributed by atoms with E-state index < -0.39 is 16.1 Å². The molecule has 0 saturated heterocycles. The Hall–Kier alpha value is 0.0100. The molecule has 0 radical (unpaired) electrons. The van der Waals surface area contributed by atoms with Gasteiger partial charge in [-0.3, -0.25) is 0 Å². The molecular formula is C19H16I3O5S-. The van der Waals surface area contributed by atoms with Crippen molar-refractivity contribution in [2.75, 3.05) is 0 Å². The molecule has 0 spiro atoms. The number of ether oxygens (including phenoxy) is 1. The summed E-state index contributed by atoms with van der Waals surface area (Å²) in [6, 6.07) is 6.46. The van der Waals surface area contributed by atoms with Crippen LogP contribution in [0.2, 0.25) is 0 Å². The largest absolute Gasteiger partial charge is 0.744 e. The summed E-state index contributed by atoms with van der Waals surface area (Å²) in [6.07, 6.45) is 4.76. The van der Waals surface area contributed by atoms with Crippen LogP contribution in [0.1, 0.15) is 47.2 Å². The van der Waals surface area contributed by atoms with Gasteiger partial charge in [-0.25, -0.2) is 13.2 Å². The molecule has 0 atom stereocenters. The van der Waals surface area contributed by atoms with Crippen LogP contribution < -0.4 is 4.74 Å². The maximum absolute atomic E-state index is 12.8. The molecule has 2 aromatic carbocycles. The highest BCUT2D eigenvalue weighted by Crippen LogP contribution is 2.34. The number of hydrogen-bond donors (Lipinski definition) is 0. The summed E-state index contributed by atoms with van der Waals surface area (Å²) >= 11 is 6.44. The first-order valence-corrected chi connectivity index (χ1v) is 13.3. The van der Waals surface area contributed by atoms with Crippen molar-refractivity contribution in [2.24, 2.45) is 0 Å². The normalized spacial score (nSPS) is 14.7. The number of rotatable bonds is 3. The predicted molar refractivity (Wildman–Crippen MR) is 130 cm³/mol. The van der Waals surface area contributed by atoms with Crippen molar-refractivity contribution in [1.29, 1.82) is 0 Å². The van der Waals surface area contributed by atoms with E-state index in [2.05, 4.69) is 67.8 Å². The minimum absolute atomic E-state index is 0.192. The van der Waals surface area contributed by atoms with Crippen LogP contribution in [0.4, 0.5) is 0 Å². The summed E-state index contributed by atoms with van der Waals surface area (Å²) in [5.74, 6) is -0.137. The van der Waals surface area contributed by atoms with Gasteiger partial charge in [0.25, 0.3) is 0 Å². The fourth-order valence-corrected chi connectivity index (χ4v) is 6.48. The van der Waals surface area contributed by atoms with E-state index in [1.807, 2.05) is 6.07 Å². The van der Waals surface area contributed by atoms with E-state index in [1.165, 1.54) is 12.1 Å². The van der Waals surface area contributed by atoms with E-state index in [0.29, 0.717) is 35.3 Å². The Morgan fingerprint density at radius 3 is 2.25 bits per heavy atom. The number of benzene rings is 2. The Morgan fingerprint density at radius 2 is 1.61 bits per heavy atom. The Kier molecular flexibility index (Phi) is 7.64. The second kappa shape index (κ2) is 9.43. The smallest absolute Gasteiger partial charge is 0.344 e. The molecular weight excluding hydrogens is 721 g/mol. The quantitative estimate of drug-likeness (QED) is 0.141. The molecule has 9 heteroatoms. The Balaban J connectivity index is 2.05. The SMILES string of the molecule is O=C(Oc1ccc(S(=O)(=O)[O-])c2c1CCCCCC2)c1cc(I)cc(I)c1I. The number of halogens is 3. The van der Waals surface area contributed by atoms with Crippen LogP contribution in [0.3, 0.4) is 0 Å². The van der Waals surface area contributed by atoms with Crippen molar-refractivity contribution in [3.63, 3.8) is 0 Å². The summed E-state index contributed by atoms with van der Waals surface area (Å²) in [7, 11) is -4.58. The standard InChI is InChI=1S/C19H17I3O5S/c20-11-9-14(18(22)15(21)10-11)19(23)27-16-7-8-17(28(24,25)26)13-6-4-2-1-3-5-12(13)16/h7-10H,1-6H2,(H,24,25,26)/p-1. The molecule has 0 bridgehead atoms. The van der Waals surface area contributed by atoms with E-state index >= 15 is 0 Å². The molecule has 1 aliphatic rings. The molecule has 1 aliphatic carbocycles. The molecule has 0 unspecified atom stereocenters. The maximum Gasteiger partial charge on any atom is 0.344 e. The minimum Gasteiger partial charge on any atom is -0.744 e. The first kappa shape index (κ1) is 22.7. The third-order valence-corrected chi connectivity index (χ3v) is 9.22. The van der Waals surface area contributed by atoms with Crippen LogP contribution in [0.25, 0.3) is 0 Å². The number of fused-ring (bicyclic) bond motifs is 1. The maximum atomic E-state index is 12.8. The van der Waals surface area contributed by atoms with Gasteiger partial charge in [-0.1, -0.05) is 12.8 Å². The molecule has 0 N–H and O–H groups in total. The van der Waals surface area contributed by atoms with Crippen molar-refractivity contribution >= 4 is 83.9 Å². The molecule has 3 rings (SSSR count). The highest BCUT2D eigenvalue weighted by Gasteiger charge is 2.22. The molecule has 150 valence electrons. The summed E-state index contributed by atoms with van der Waals surface area (Å²) in [5, 5.41) is 0. The van der Waals surface area contributed by atoms with Gasteiger partial charge in [0.1, 0.15) is 15.9 Å². The van der Waals surface area contributed by atoms with Gasteiger partial charge in [0.2, 0.25) is 0 Å². The van der Waals surface area contributed by atoms with Gasteiger partial charge in [0, 0.05) is 10.7 Å². The van der Waals surface area contributed by atoms with Gasteiger partial charge < -0.3 is 9.29 Å². The Bertz CT molecular complexity index is 1030. The van der Waals surface area contributed by atoms with E-state index in [0.717, 1.165) is 36.4 Å². The van der Waals surface area contributed by atoms with Crippen LogP contribution in [0.15, 0.2) is 29.2 Å². The monoisotopic (exact) mass is 737 g/mol. The lowest BCUT2D eigenvalue weighted by Gasteiger charge is -2.22. The Morgan fingerprint density at radius 1 is 0.964 bits per heavy atom. The third kappa shape index (κ3) is 5.19. The first-order valence-electron chi connectivity index (χ1n) is 8.66. The second-order valence-electron chi connectivity index (χ2n) is 6.53. The van der Waals surface area contributed by atoms with Crippen molar-refractivity contribution in [3.8, 4) is 5.75 Å². The fraction of sp³-hybridized carbons (Fsp3) is 0.316. The van der Waals surface area contributed by atoms with Crippen LogP contribution >= 0.6 is 67.8 Å². The third-order valence-electron chi connectivity index (χ3n) is 4.63. The lowest BCUT2D eigenvalue weighted by Crippen LogP contribution is -2.15. The van der Waals surface area contributed by atoms with Crippen molar-refractivity contribution in [1.82, 2.24) is 0 Å². The van der Waals surface area contributed by atoms with Crippen LogP contribution in [0, 0.1) is 10.7 Å². The molecule has 0 saturated carbocycles. The number of carbonyl (C=O) groups excluding carboxylic acids is 1. The second-order valence-corrected chi connectivity index (χ2v) is 11.4. The zero-order valence-corrected chi connectivity index (χ0v) is 21.9. The summed E-state index contributed by atoms with van der Waals surface area (Å²) in [5.41, 5.74) is 1.64. The summed E-state index contributed by atoms with van der Waals surface area (Å²) in [6.45, 7) is 0. The van der Waals surface area contributed by atoms with Crippen molar-refractivity contribution in [3.05, 3.63) is 51.7 Å². The molecule has 0 aromatic heterocycles. The van der Waals surface area contributed by atoms with E-state index in [-0.39, 0.29) is 4.90 Å². The number of carbonyl (C=O) groups is 1. The molecule has 0 aliphatic heterocycles. The minimum atomic E-state index is -4.58. The van der Waals surface area contributed by atoms with Gasteiger partial charge in [0.05, 0.1) is 10.5 Å². The molecule has 28 heavy (non-hydrogen) atoms. The zero-order chi connectivity index (χ0) is 20.5. The summed E-state index contributed by atoms with van der Waals surface area (Å²) < 4.78 is 43.5. The van der Waals surface area contributed by atoms with Gasteiger partial charge >= 0.3 is 5.97 Å². The topological polar surface area (TPSA) is 83.5 Å². The molecule has 5 nitrogen and oxygen atoms in total. The highest BCUT2D eigenvalue weighted by atomic mass is 127. The average molecular weight is 737 g/mol. The number of esters is 1. The van der Waals surface area contributed by atoms with Gasteiger partial charge in [-0.15, -0.1) is 0 Å². The summed E-state index contributed by atoms with van der Waals surface area (Å²) in [4.78, 5) is 12.7. The molecule has 2 aromatic rings.